The van der Waals surface area contributed by atoms with E-state index in [4.69, 9.17) is 18.9 Å². The first-order valence-corrected chi connectivity index (χ1v) is 12.4. The molecule has 0 fully saturated rings. The molecule has 40 heavy (non-hydrogen) atoms. The summed E-state index contributed by atoms with van der Waals surface area (Å²) >= 11 is 0. The van der Waals surface area contributed by atoms with Crippen LogP contribution >= 0.6 is 0 Å². The quantitative estimate of drug-likeness (QED) is 0.120. The van der Waals surface area contributed by atoms with Crippen molar-refractivity contribution in [1.29, 1.82) is 0 Å². The van der Waals surface area contributed by atoms with Gasteiger partial charge >= 0.3 is 23.9 Å². The first-order chi connectivity index (χ1) is 19.0. The zero-order valence-electron chi connectivity index (χ0n) is 23.9. The van der Waals surface area contributed by atoms with Crippen molar-refractivity contribution < 1.29 is 47.2 Å². The van der Waals surface area contributed by atoms with Crippen LogP contribution in [0.15, 0.2) is 42.5 Å². The van der Waals surface area contributed by atoms with Gasteiger partial charge < -0.3 is 18.9 Å². The highest BCUT2D eigenvalue weighted by Crippen LogP contribution is 2.14. The number of ether oxygens (including phenoxy) is 4. The molecule has 0 saturated heterocycles. The Hall–Kier alpha value is -4.27. The van der Waals surface area contributed by atoms with Crippen LogP contribution in [0.3, 0.4) is 0 Å². The number of carbonyl (C=O) groups excluding carboxylic acids is 4. The van der Waals surface area contributed by atoms with E-state index >= 15 is 0 Å². The largest absolute Gasteiger partial charge is 0.468 e. The number of hydrogen-bond acceptors (Lipinski definition) is 9. The zero-order chi connectivity index (χ0) is 29.7. The standard InChI is InChI=1S/C29H37N3O8/c1-30-24(16-31(17-26(33)37-3)18-27(34)38-4)14-23(13-12-22-10-8-7-9-11-22)15-25(30)19-32(2,20-28(35)39-5)21-29(36)40-6/h7-11,14-15H,16-21H2,1-6H3/q+2. The number of esters is 4. The van der Waals surface area contributed by atoms with Crippen LogP contribution < -0.4 is 4.57 Å². The summed E-state index contributed by atoms with van der Waals surface area (Å²) in [7, 11) is 8.72. The number of methoxy groups -OCH3 is 4. The SMILES string of the molecule is COC(=O)CN(CC(=O)OC)Cc1cc(C#Cc2ccccc2)cc(C[N+](C)(CC(=O)OC)CC(=O)OC)[n+]1C. The van der Waals surface area contributed by atoms with Crippen molar-refractivity contribution in [2.45, 2.75) is 13.1 Å². The fraction of sp³-hybridized carbons (Fsp3) is 0.414. The molecule has 214 valence electrons. The van der Waals surface area contributed by atoms with Gasteiger partial charge in [0.25, 0.3) is 0 Å². The Labute approximate surface area is 234 Å². The summed E-state index contributed by atoms with van der Waals surface area (Å²) in [6, 6.07) is 13.2. The van der Waals surface area contributed by atoms with Gasteiger partial charge in [-0.2, -0.15) is 4.57 Å². The third kappa shape index (κ3) is 10.1. The van der Waals surface area contributed by atoms with E-state index in [1.165, 1.54) is 28.4 Å². The fourth-order valence-corrected chi connectivity index (χ4v) is 4.02. The van der Waals surface area contributed by atoms with Crippen molar-refractivity contribution in [1.82, 2.24) is 4.90 Å². The molecule has 0 spiro atoms. The van der Waals surface area contributed by atoms with Crippen LogP contribution in [0, 0.1) is 11.8 Å². The number of rotatable bonds is 12. The van der Waals surface area contributed by atoms with Crippen molar-refractivity contribution in [3.05, 3.63) is 65.0 Å². The molecule has 0 aliphatic heterocycles. The molecule has 0 atom stereocenters. The van der Waals surface area contributed by atoms with E-state index in [0.717, 1.165) is 17.0 Å². The highest BCUT2D eigenvalue weighted by molar-refractivity contribution is 5.75. The van der Waals surface area contributed by atoms with Crippen LogP contribution in [0.5, 0.6) is 0 Å². The third-order valence-corrected chi connectivity index (χ3v) is 6.20. The average Bonchev–Trinajstić information content (AvgIpc) is 2.94. The molecule has 11 nitrogen and oxygen atoms in total. The number of hydrogen-bond donors (Lipinski definition) is 0. The first kappa shape index (κ1) is 31.9. The molecular formula is C29H37N3O8+2. The van der Waals surface area contributed by atoms with E-state index < -0.39 is 23.9 Å². The van der Waals surface area contributed by atoms with Crippen molar-refractivity contribution in [3.8, 4) is 11.8 Å². The van der Waals surface area contributed by atoms with E-state index in [0.29, 0.717) is 5.56 Å². The Bertz CT molecular complexity index is 1230. The Kier molecular flexibility index (Phi) is 12.3. The molecule has 0 aliphatic rings. The summed E-state index contributed by atoms with van der Waals surface area (Å²) in [5.74, 6) is 4.36. The Balaban J connectivity index is 2.60. The zero-order valence-corrected chi connectivity index (χ0v) is 23.9. The Morgan fingerprint density at radius 2 is 1.23 bits per heavy atom. The van der Waals surface area contributed by atoms with Crippen LogP contribution in [0.4, 0.5) is 0 Å². The summed E-state index contributed by atoms with van der Waals surface area (Å²) < 4.78 is 21.3. The molecule has 0 N–H and O–H groups in total. The minimum Gasteiger partial charge on any atom is -0.468 e. The predicted octanol–water partition coefficient (Wildman–Crippen LogP) is 0.352. The number of nitrogens with zero attached hydrogens (tertiary/aromatic N) is 3. The minimum absolute atomic E-state index is 0.0176. The van der Waals surface area contributed by atoms with Gasteiger partial charge in [-0.15, -0.1) is 0 Å². The smallest absolute Gasteiger partial charge is 0.361 e. The lowest BCUT2D eigenvalue weighted by Crippen LogP contribution is -2.54. The van der Waals surface area contributed by atoms with E-state index in [1.807, 2.05) is 54.1 Å². The van der Waals surface area contributed by atoms with Gasteiger partial charge in [0.05, 0.1) is 55.1 Å². The molecular weight excluding hydrogens is 518 g/mol. The van der Waals surface area contributed by atoms with Gasteiger partial charge in [-0.25, -0.2) is 9.59 Å². The summed E-state index contributed by atoms with van der Waals surface area (Å²) in [5.41, 5.74) is 2.98. The first-order valence-electron chi connectivity index (χ1n) is 12.4. The van der Waals surface area contributed by atoms with Crippen molar-refractivity contribution in [2.75, 3.05) is 61.7 Å². The van der Waals surface area contributed by atoms with Gasteiger partial charge in [0.15, 0.2) is 25.3 Å². The van der Waals surface area contributed by atoms with Crippen molar-refractivity contribution in [3.63, 3.8) is 0 Å². The summed E-state index contributed by atoms with van der Waals surface area (Å²) in [4.78, 5) is 50.3. The number of pyridine rings is 1. The van der Waals surface area contributed by atoms with E-state index in [-0.39, 0.29) is 43.8 Å². The predicted molar refractivity (Wildman–Crippen MR) is 143 cm³/mol. The van der Waals surface area contributed by atoms with Gasteiger partial charge in [-0.3, -0.25) is 19.0 Å². The maximum absolute atomic E-state index is 12.3. The van der Waals surface area contributed by atoms with Gasteiger partial charge in [0.1, 0.15) is 7.05 Å². The highest BCUT2D eigenvalue weighted by atomic mass is 16.5. The van der Waals surface area contributed by atoms with E-state index in [1.54, 1.807) is 11.9 Å². The number of benzene rings is 1. The second-order valence-electron chi connectivity index (χ2n) is 9.45. The molecule has 1 heterocycles. The van der Waals surface area contributed by atoms with Crippen LogP contribution in [-0.4, -0.2) is 94.9 Å². The summed E-state index contributed by atoms with van der Waals surface area (Å²) in [5, 5.41) is 0. The van der Waals surface area contributed by atoms with Crippen LogP contribution in [0.1, 0.15) is 22.5 Å². The lowest BCUT2D eigenvalue weighted by atomic mass is 10.1. The van der Waals surface area contributed by atoms with Gasteiger partial charge in [-0.05, 0) is 12.1 Å². The second kappa shape index (κ2) is 15.4. The summed E-state index contributed by atoms with van der Waals surface area (Å²) in [6.07, 6.45) is 0. The number of aromatic nitrogens is 1. The second-order valence-corrected chi connectivity index (χ2v) is 9.45. The molecule has 1 aromatic heterocycles. The number of quaternary nitrogens is 1. The fourth-order valence-electron chi connectivity index (χ4n) is 4.02. The van der Waals surface area contributed by atoms with Gasteiger partial charge in [-0.1, -0.05) is 30.0 Å². The normalized spacial score (nSPS) is 10.8. The average molecular weight is 556 g/mol. The Morgan fingerprint density at radius 1 is 0.750 bits per heavy atom. The maximum Gasteiger partial charge on any atom is 0.361 e. The van der Waals surface area contributed by atoms with Gasteiger partial charge in [0.2, 0.25) is 5.69 Å². The summed E-state index contributed by atoms with van der Waals surface area (Å²) in [6.45, 7) is 0.0167. The molecule has 0 aliphatic carbocycles. The lowest BCUT2D eigenvalue weighted by molar-refractivity contribution is -0.917. The monoisotopic (exact) mass is 555 g/mol. The van der Waals surface area contributed by atoms with E-state index in [9.17, 15) is 19.2 Å². The molecule has 11 heteroatoms. The van der Waals surface area contributed by atoms with Crippen LogP contribution in [-0.2, 0) is 58.3 Å². The molecule has 0 bridgehead atoms. The molecule has 0 amide bonds. The number of carbonyl (C=O) groups is 4. The van der Waals surface area contributed by atoms with Crippen molar-refractivity contribution >= 4 is 23.9 Å². The highest BCUT2D eigenvalue weighted by Gasteiger charge is 2.34. The topological polar surface area (TPSA) is 112 Å². The molecule has 2 rings (SSSR count). The van der Waals surface area contributed by atoms with E-state index in [2.05, 4.69) is 11.8 Å². The van der Waals surface area contributed by atoms with Crippen LogP contribution in [0.2, 0.25) is 0 Å². The molecule has 1 aromatic carbocycles. The molecule has 0 saturated carbocycles. The Morgan fingerprint density at radius 3 is 1.73 bits per heavy atom. The number of likely N-dealkylation sites (N-methyl/N-ethyl adjacent to an activating group) is 1. The lowest BCUT2D eigenvalue weighted by Gasteiger charge is -2.31. The third-order valence-electron chi connectivity index (χ3n) is 6.20. The molecule has 0 unspecified atom stereocenters. The van der Waals surface area contributed by atoms with Crippen LogP contribution in [0.25, 0.3) is 0 Å². The molecule has 2 aromatic rings. The van der Waals surface area contributed by atoms with Crippen molar-refractivity contribution in [2.24, 2.45) is 7.05 Å². The minimum atomic E-state index is -0.507. The molecule has 0 radical (unpaired) electrons. The maximum atomic E-state index is 12.3. The van der Waals surface area contributed by atoms with Gasteiger partial charge in [0, 0.05) is 23.3 Å².